The number of allylic oxidation sites excluding steroid dienone is 2. The van der Waals surface area contributed by atoms with Gasteiger partial charge in [0.25, 0.3) is 0 Å². The molecule has 0 radical (unpaired) electrons. The van der Waals surface area contributed by atoms with Crippen molar-refractivity contribution in [2.75, 3.05) is 5.73 Å². The van der Waals surface area contributed by atoms with E-state index in [1.807, 2.05) is 12.1 Å². The van der Waals surface area contributed by atoms with Crippen molar-refractivity contribution in [3.05, 3.63) is 38.8 Å². The van der Waals surface area contributed by atoms with Gasteiger partial charge >= 0.3 is 0 Å². The van der Waals surface area contributed by atoms with Gasteiger partial charge in [-0.3, -0.25) is 4.79 Å². The Morgan fingerprint density at radius 3 is 2.61 bits per heavy atom. The van der Waals surface area contributed by atoms with Crippen molar-refractivity contribution in [2.24, 2.45) is 17.8 Å². The molecule has 0 aliphatic heterocycles. The first-order valence-corrected chi connectivity index (χ1v) is 7.62. The van der Waals surface area contributed by atoms with E-state index < -0.39 is 0 Å². The second-order valence-corrected chi connectivity index (χ2v) is 6.87. The van der Waals surface area contributed by atoms with E-state index in [-0.39, 0.29) is 11.7 Å². The Bertz CT molecular complexity index is 553. The number of carbonyl (C=O) groups is 1. The third kappa shape index (κ3) is 1.95. The summed E-state index contributed by atoms with van der Waals surface area (Å²) in [6.07, 6.45) is 6.55. The Morgan fingerprint density at radius 1 is 1.22 bits per heavy atom. The van der Waals surface area contributed by atoms with Gasteiger partial charge in [-0.05, 0) is 52.7 Å². The van der Waals surface area contributed by atoms with E-state index in [1.165, 1.54) is 0 Å². The fourth-order valence-electron chi connectivity index (χ4n) is 3.07. The number of benzene rings is 1. The molecule has 0 saturated heterocycles. The Morgan fingerprint density at radius 2 is 2.00 bits per heavy atom. The highest BCUT2D eigenvalue weighted by Gasteiger charge is 2.40. The fourth-order valence-corrected chi connectivity index (χ4v) is 4.30. The number of nitrogen functional groups attached to an aromatic ring is 1. The van der Waals surface area contributed by atoms with Crippen molar-refractivity contribution in [3.63, 3.8) is 0 Å². The SMILES string of the molecule is Nc1c(Br)cc(Br)cc1C(=O)C1CC2C=CC1C2. The van der Waals surface area contributed by atoms with Crippen molar-refractivity contribution >= 4 is 43.3 Å². The maximum atomic E-state index is 12.6. The van der Waals surface area contributed by atoms with E-state index in [4.69, 9.17) is 5.73 Å². The molecule has 1 aromatic rings. The third-order valence-corrected chi connectivity index (χ3v) is 5.09. The molecule has 2 bridgehead atoms. The first-order valence-electron chi connectivity index (χ1n) is 6.03. The van der Waals surface area contributed by atoms with Gasteiger partial charge in [0.2, 0.25) is 0 Å². The molecule has 3 unspecified atom stereocenters. The normalized spacial score (nSPS) is 28.9. The van der Waals surface area contributed by atoms with Gasteiger partial charge in [-0.25, -0.2) is 0 Å². The molecule has 2 aliphatic rings. The molecule has 0 amide bonds. The van der Waals surface area contributed by atoms with Gasteiger partial charge in [0.1, 0.15) is 0 Å². The average Bonchev–Trinajstić information content (AvgIpc) is 2.94. The Balaban J connectivity index is 1.96. The topological polar surface area (TPSA) is 43.1 Å². The maximum Gasteiger partial charge on any atom is 0.168 e. The number of nitrogens with two attached hydrogens (primary N) is 1. The molecule has 0 aromatic heterocycles. The second-order valence-electron chi connectivity index (χ2n) is 5.10. The predicted octanol–water partition coefficient (Wildman–Crippen LogP) is 4.19. The Kier molecular flexibility index (Phi) is 3.10. The molecule has 0 heterocycles. The number of rotatable bonds is 2. The van der Waals surface area contributed by atoms with Crippen LogP contribution in [0.4, 0.5) is 5.69 Å². The van der Waals surface area contributed by atoms with Crippen LogP contribution in [0.5, 0.6) is 0 Å². The number of Topliss-reactive ketones (excluding diaryl/α,β-unsaturated/α-hetero) is 1. The lowest BCUT2D eigenvalue weighted by molar-refractivity contribution is 0.0902. The zero-order valence-corrected chi connectivity index (χ0v) is 12.9. The van der Waals surface area contributed by atoms with Gasteiger partial charge in [-0.2, -0.15) is 0 Å². The van der Waals surface area contributed by atoms with E-state index in [0.717, 1.165) is 21.8 Å². The monoisotopic (exact) mass is 369 g/mol. The van der Waals surface area contributed by atoms with Gasteiger partial charge < -0.3 is 5.73 Å². The lowest BCUT2D eigenvalue weighted by Gasteiger charge is -2.18. The van der Waals surface area contributed by atoms with Crippen LogP contribution in [0.25, 0.3) is 0 Å². The summed E-state index contributed by atoms with van der Waals surface area (Å²) >= 11 is 6.81. The molecule has 1 saturated carbocycles. The Labute approximate surface area is 123 Å². The molecule has 3 rings (SSSR count). The standard InChI is InChI=1S/C14H13Br2NO/c15-9-5-11(13(17)12(16)6-9)14(18)10-4-7-1-2-8(10)3-7/h1-2,5-8,10H,3-4,17H2. The molecule has 94 valence electrons. The van der Waals surface area contributed by atoms with Crippen LogP contribution >= 0.6 is 31.9 Å². The summed E-state index contributed by atoms with van der Waals surface area (Å²) in [6.45, 7) is 0. The largest absolute Gasteiger partial charge is 0.397 e. The summed E-state index contributed by atoms with van der Waals surface area (Å²) in [4.78, 5) is 12.6. The van der Waals surface area contributed by atoms with E-state index >= 15 is 0 Å². The summed E-state index contributed by atoms with van der Waals surface area (Å²) < 4.78 is 1.66. The number of fused-ring (bicyclic) bond motifs is 2. The van der Waals surface area contributed by atoms with Gasteiger partial charge in [-0.1, -0.05) is 28.1 Å². The van der Waals surface area contributed by atoms with E-state index in [0.29, 0.717) is 23.1 Å². The van der Waals surface area contributed by atoms with Crippen molar-refractivity contribution in [1.82, 2.24) is 0 Å². The van der Waals surface area contributed by atoms with Crippen molar-refractivity contribution in [3.8, 4) is 0 Å². The summed E-state index contributed by atoms with van der Waals surface area (Å²) in [5.41, 5.74) is 7.20. The third-order valence-electron chi connectivity index (χ3n) is 3.98. The number of carbonyl (C=O) groups excluding carboxylic acids is 1. The van der Waals surface area contributed by atoms with Crippen LogP contribution in [0.1, 0.15) is 23.2 Å². The fraction of sp³-hybridized carbons (Fsp3) is 0.357. The van der Waals surface area contributed by atoms with Gasteiger partial charge in [-0.15, -0.1) is 0 Å². The van der Waals surface area contributed by atoms with Crippen molar-refractivity contribution in [1.29, 1.82) is 0 Å². The number of hydrogen-bond donors (Lipinski definition) is 1. The molecule has 1 fully saturated rings. The quantitative estimate of drug-likeness (QED) is 0.482. The van der Waals surface area contributed by atoms with Crippen LogP contribution in [-0.2, 0) is 0 Å². The minimum absolute atomic E-state index is 0.114. The molecule has 3 atom stereocenters. The zero-order valence-electron chi connectivity index (χ0n) is 9.70. The lowest BCUT2D eigenvalue weighted by Crippen LogP contribution is -2.20. The highest BCUT2D eigenvalue weighted by Crippen LogP contribution is 2.45. The molecule has 1 aromatic carbocycles. The Hall–Kier alpha value is -0.610. The zero-order chi connectivity index (χ0) is 12.9. The summed E-state index contributed by atoms with van der Waals surface area (Å²) in [5.74, 6) is 1.32. The highest BCUT2D eigenvalue weighted by atomic mass is 79.9. The van der Waals surface area contributed by atoms with Crippen molar-refractivity contribution in [2.45, 2.75) is 12.8 Å². The number of anilines is 1. The van der Waals surface area contributed by atoms with E-state index in [9.17, 15) is 4.79 Å². The van der Waals surface area contributed by atoms with E-state index in [1.54, 1.807) is 0 Å². The summed E-state index contributed by atoms with van der Waals surface area (Å²) in [6, 6.07) is 3.70. The molecule has 18 heavy (non-hydrogen) atoms. The highest BCUT2D eigenvalue weighted by molar-refractivity contribution is 9.11. The number of ketones is 1. The van der Waals surface area contributed by atoms with Crippen LogP contribution in [0.3, 0.4) is 0 Å². The molecule has 0 spiro atoms. The molecule has 2 aliphatic carbocycles. The minimum Gasteiger partial charge on any atom is -0.397 e. The van der Waals surface area contributed by atoms with Gasteiger partial charge in [0.15, 0.2) is 5.78 Å². The van der Waals surface area contributed by atoms with Crippen LogP contribution < -0.4 is 5.73 Å². The summed E-state index contributed by atoms with van der Waals surface area (Å²) in [5, 5.41) is 0. The van der Waals surface area contributed by atoms with Gasteiger partial charge in [0, 0.05) is 20.4 Å². The van der Waals surface area contributed by atoms with Gasteiger partial charge in [0.05, 0.1) is 5.69 Å². The van der Waals surface area contributed by atoms with E-state index in [2.05, 4.69) is 44.0 Å². The lowest BCUT2D eigenvalue weighted by atomic mass is 9.86. The second kappa shape index (κ2) is 4.49. The first-order chi connectivity index (χ1) is 8.56. The average molecular weight is 371 g/mol. The van der Waals surface area contributed by atoms with Crippen LogP contribution in [-0.4, -0.2) is 5.78 Å². The smallest absolute Gasteiger partial charge is 0.168 e. The summed E-state index contributed by atoms with van der Waals surface area (Å²) in [7, 11) is 0. The molecule has 4 heteroatoms. The predicted molar refractivity (Wildman–Crippen MR) is 79.4 cm³/mol. The van der Waals surface area contributed by atoms with Crippen LogP contribution in [0, 0.1) is 17.8 Å². The van der Waals surface area contributed by atoms with Crippen molar-refractivity contribution < 1.29 is 4.79 Å². The minimum atomic E-state index is 0.114. The molecular formula is C14H13Br2NO. The molecule has 2 nitrogen and oxygen atoms in total. The van der Waals surface area contributed by atoms with Crippen LogP contribution in [0.15, 0.2) is 33.2 Å². The number of halogens is 2. The van der Waals surface area contributed by atoms with Crippen LogP contribution in [0.2, 0.25) is 0 Å². The molecular weight excluding hydrogens is 358 g/mol. The first kappa shape index (κ1) is 12.4. The molecule has 2 N–H and O–H groups in total. The maximum absolute atomic E-state index is 12.6. The number of hydrogen-bond acceptors (Lipinski definition) is 2.